The Labute approximate surface area is 244 Å². The number of hydrogen-bond donors (Lipinski definition) is 0. The Bertz CT molecular complexity index is 1340. The molecular formula is C28H34BrF4N5O3. The molecule has 1 aromatic carbocycles. The summed E-state index contributed by atoms with van der Waals surface area (Å²) in [6.45, 7) is 8.38. The summed E-state index contributed by atoms with van der Waals surface area (Å²) in [5.74, 6) is -0.935. The van der Waals surface area contributed by atoms with Crippen molar-refractivity contribution < 1.29 is 31.8 Å². The van der Waals surface area contributed by atoms with Crippen molar-refractivity contribution in [2.45, 2.75) is 88.7 Å². The number of alkyl halides is 3. The fraction of sp³-hybridized carbons (Fsp3) is 0.679. The second-order valence-corrected chi connectivity index (χ2v) is 13.5. The Morgan fingerprint density at radius 1 is 1.10 bits per heavy atom. The van der Waals surface area contributed by atoms with Gasteiger partial charge in [-0.2, -0.15) is 23.1 Å². The molecule has 1 aromatic heterocycles. The number of piperazine rings is 1. The monoisotopic (exact) mass is 643 g/mol. The third kappa shape index (κ3) is 5.21. The molecule has 0 aliphatic carbocycles. The van der Waals surface area contributed by atoms with Crippen molar-refractivity contribution in [2.24, 2.45) is 0 Å². The number of nitrogens with zero attached hydrogens (tertiary/aromatic N) is 5. The van der Waals surface area contributed by atoms with Crippen LogP contribution in [0, 0.1) is 5.82 Å². The van der Waals surface area contributed by atoms with Gasteiger partial charge in [-0.1, -0.05) is 0 Å². The highest BCUT2D eigenvalue weighted by Gasteiger charge is 2.47. The van der Waals surface area contributed by atoms with Crippen LogP contribution in [0.15, 0.2) is 10.5 Å². The van der Waals surface area contributed by atoms with E-state index >= 15 is 4.39 Å². The Hall–Kier alpha value is -2.41. The smallest absolute Gasteiger partial charge is 0.417 e. The Morgan fingerprint density at radius 2 is 1.73 bits per heavy atom. The van der Waals surface area contributed by atoms with E-state index in [2.05, 4.69) is 30.8 Å². The number of halogens is 5. The van der Waals surface area contributed by atoms with Crippen molar-refractivity contribution in [1.82, 2.24) is 19.8 Å². The van der Waals surface area contributed by atoms with Crippen LogP contribution in [0.5, 0.6) is 6.01 Å². The van der Waals surface area contributed by atoms with E-state index in [1.807, 2.05) is 4.90 Å². The van der Waals surface area contributed by atoms with Crippen LogP contribution in [0.2, 0.25) is 0 Å². The van der Waals surface area contributed by atoms with Gasteiger partial charge in [0.05, 0.1) is 27.7 Å². The topological polar surface area (TPSA) is 71.0 Å². The summed E-state index contributed by atoms with van der Waals surface area (Å²) < 4.78 is 68.3. The number of hydrogen-bond acceptors (Lipinski definition) is 7. The van der Waals surface area contributed by atoms with Gasteiger partial charge in [0, 0.05) is 18.5 Å². The van der Waals surface area contributed by atoms with Crippen LogP contribution in [-0.4, -0.2) is 81.9 Å². The molecule has 4 aliphatic heterocycles. The van der Waals surface area contributed by atoms with Crippen LogP contribution in [0.4, 0.5) is 28.2 Å². The van der Waals surface area contributed by atoms with E-state index < -0.39 is 33.7 Å². The minimum absolute atomic E-state index is 0.0444. The largest absolute Gasteiger partial charge is 0.461 e. The first-order valence-electron chi connectivity index (χ1n) is 14.2. The number of carbonyl (C=O) groups excluding carboxylic acids is 1. The fourth-order valence-corrected chi connectivity index (χ4v) is 7.56. The number of fused-ring (bicyclic) bond motifs is 4. The van der Waals surface area contributed by atoms with E-state index in [1.165, 1.54) is 0 Å². The second kappa shape index (κ2) is 10.1. The van der Waals surface area contributed by atoms with Gasteiger partial charge in [0.15, 0.2) is 5.82 Å². The van der Waals surface area contributed by atoms with E-state index in [4.69, 9.17) is 9.47 Å². The molecule has 2 aromatic rings. The summed E-state index contributed by atoms with van der Waals surface area (Å²) in [7, 11) is 0. The predicted octanol–water partition coefficient (Wildman–Crippen LogP) is 6.15. The SMILES string of the molecule is CC(C)(C)OC(=O)N1C2CCC1CN(c1nc(OCC34CCCN3CCC4)nc3c(F)c(Br)c(C(F)(F)F)cc13)C2. The number of benzene rings is 1. The van der Waals surface area contributed by atoms with Crippen LogP contribution in [0.3, 0.4) is 0 Å². The zero-order valence-corrected chi connectivity index (χ0v) is 24.9. The van der Waals surface area contributed by atoms with E-state index in [-0.39, 0.29) is 40.4 Å². The Kier molecular flexibility index (Phi) is 7.07. The normalized spacial score (nSPS) is 24.3. The number of ether oxygens (including phenoxy) is 2. The molecule has 2 unspecified atom stereocenters. The third-order valence-corrected chi connectivity index (χ3v) is 9.58. The summed E-state index contributed by atoms with van der Waals surface area (Å²) in [4.78, 5) is 27.9. The van der Waals surface area contributed by atoms with Crippen LogP contribution in [0.1, 0.15) is 64.9 Å². The fourth-order valence-electron chi connectivity index (χ4n) is 7.03. The van der Waals surface area contributed by atoms with Crippen molar-refractivity contribution in [2.75, 3.05) is 37.7 Å². The lowest BCUT2D eigenvalue weighted by atomic mass is 9.95. The average molecular weight is 645 g/mol. The molecule has 5 heterocycles. The van der Waals surface area contributed by atoms with Crippen molar-refractivity contribution in [1.29, 1.82) is 0 Å². The molecule has 0 spiro atoms. The predicted molar refractivity (Wildman–Crippen MR) is 148 cm³/mol. The molecule has 4 saturated heterocycles. The number of amides is 1. The van der Waals surface area contributed by atoms with Crippen LogP contribution in [-0.2, 0) is 10.9 Å². The summed E-state index contributed by atoms with van der Waals surface area (Å²) in [6.07, 6.45) is 0.350. The van der Waals surface area contributed by atoms with E-state index in [1.54, 1.807) is 25.7 Å². The van der Waals surface area contributed by atoms with Gasteiger partial charge in [-0.05, 0) is 94.4 Å². The van der Waals surface area contributed by atoms with Crippen LogP contribution < -0.4 is 9.64 Å². The van der Waals surface area contributed by atoms with Gasteiger partial charge in [-0.25, -0.2) is 9.18 Å². The molecule has 6 rings (SSSR count). The van der Waals surface area contributed by atoms with E-state index in [0.717, 1.165) is 57.7 Å². The summed E-state index contributed by atoms with van der Waals surface area (Å²) in [5.41, 5.74) is -2.15. The third-order valence-electron chi connectivity index (χ3n) is 8.80. The van der Waals surface area contributed by atoms with Gasteiger partial charge in [0.2, 0.25) is 0 Å². The number of aromatic nitrogens is 2. The summed E-state index contributed by atoms with van der Waals surface area (Å²) >= 11 is 2.81. The van der Waals surface area contributed by atoms with Gasteiger partial charge in [0.1, 0.15) is 23.5 Å². The molecule has 41 heavy (non-hydrogen) atoms. The standard InChI is InChI=1S/C28H34BrF4N5O3/c1-26(2,3)41-25(39)38-16-6-7-17(38)14-36(13-16)23-18-12-19(28(31,32)33)20(29)21(30)22(18)34-24(35-23)40-15-27-8-4-10-37(27)11-5-9-27/h12,16-17H,4-11,13-15H2,1-3H3. The van der Waals surface area contributed by atoms with Crippen molar-refractivity contribution in [3.8, 4) is 6.01 Å². The molecule has 13 heteroatoms. The maximum Gasteiger partial charge on any atom is 0.417 e. The first-order valence-corrected chi connectivity index (χ1v) is 15.0. The molecule has 4 fully saturated rings. The lowest BCUT2D eigenvalue weighted by Gasteiger charge is -2.42. The lowest BCUT2D eigenvalue weighted by Crippen LogP contribution is -2.57. The molecule has 224 valence electrons. The average Bonchev–Trinajstić information content (AvgIpc) is 3.53. The highest BCUT2D eigenvalue weighted by molar-refractivity contribution is 9.10. The minimum atomic E-state index is -4.79. The van der Waals surface area contributed by atoms with Gasteiger partial charge in [0.25, 0.3) is 0 Å². The number of carbonyl (C=O) groups is 1. The first-order chi connectivity index (χ1) is 19.3. The lowest BCUT2D eigenvalue weighted by molar-refractivity contribution is -0.138. The molecule has 2 atom stereocenters. The molecule has 1 amide bonds. The number of anilines is 1. The molecule has 8 nitrogen and oxygen atoms in total. The zero-order chi connectivity index (χ0) is 29.3. The van der Waals surface area contributed by atoms with Gasteiger partial charge < -0.3 is 14.4 Å². The molecule has 4 aliphatic rings. The Balaban J connectivity index is 1.37. The zero-order valence-electron chi connectivity index (χ0n) is 23.4. The van der Waals surface area contributed by atoms with E-state index in [9.17, 15) is 18.0 Å². The quantitative estimate of drug-likeness (QED) is 0.370. The van der Waals surface area contributed by atoms with Gasteiger partial charge in [-0.3, -0.25) is 9.80 Å². The van der Waals surface area contributed by atoms with Gasteiger partial charge in [-0.15, -0.1) is 0 Å². The summed E-state index contributed by atoms with van der Waals surface area (Å²) in [5, 5.41) is -0.0444. The van der Waals surface area contributed by atoms with Crippen LogP contribution >= 0.6 is 15.9 Å². The van der Waals surface area contributed by atoms with Crippen molar-refractivity contribution >= 4 is 38.7 Å². The maximum absolute atomic E-state index is 15.6. The molecule has 0 saturated carbocycles. The first kappa shape index (κ1) is 28.7. The second-order valence-electron chi connectivity index (χ2n) is 12.7. The molecule has 2 bridgehead atoms. The Morgan fingerprint density at radius 3 is 2.32 bits per heavy atom. The minimum Gasteiger partial charge on any atom is -0.461 e. The highest BCUT2D eigenvalue weighted by Crippen LogP contribution is 2.43. The highest BCUT2D eigenvalue weighted by atomic mass is 79.9. The summed E-state index contributed by atoms with van der Waals surface area (Å²) in [6, 6.07) is 0.403. The number of rotatable bonds is 4. The molecule has 0 radical (unpaired) electrons. The maximum atomic E-state index is 15.6. The van der Waals surface area contributed by atoms with Crippen LogP contribution in [0.25, 0.3) is 10.9 Å². The van der Waals surface area contributed by atoms with Crippen molar-refractivity contribution in [3.05, 3.63) is 21.9 Å². The van der Waals surface area contributed by atoms with Crippen molar-refractivity contribution in [3.63, 3.8) is 0 Å². The van der Waals surface area contributed by atoms with E-state index in [0.29, 0.717) is 19.7 Å². The van der Waals surface area contributed by atoms with Gasteiger partial charge >= 0.3 is 18.3 Å². The molecular weight excluding hydrogens is 610 g/mol. The molecule has 0 N–H and O–H groups in total.